The van der Waals surface area contributed by atoms with Crippen LogP contribution in [0.4, 0.5) is 4.79 Å². The van der Waals surface area contributed by atoms with Gasteiger partial charge in [0.2, 0.25) is 23.6 Å². The van der Waals surface area contributed by atoms with Gasteiger partial charge < -0.3 is 31.3 Å². The molecule has 2 aliphatic heterocycles. The van der Waals surface area contributed by atoms with E-state index >= 15 is 0 Å². The van der Waals surface area contributed by atoms with Gasteiger partial charge in [0.05, 0.1) is 0 Å². The van der Waals surface area contributed by atoms with Gasteiger partial charge in [0.15, 0.2) is 0 Å². The van der Waals surface area contributed by atoms with E-state index in [9.17, 15) is 24.0 Å². The van der Waals surface area contributed by atoms with E-state index in [1.807, 2.05) is 34.6 Å². The molecule has 39 heavy (non-hydrogen) atoms. The van der Waals surface area contributed by atoms with E-state index in [0.717, 1.165) is 0 Å². The minimum atomic E-state index is -1.06. The van der Waals surface area contributed by atoms with Crippen LogP contribution in [0, 0.1) is 28.6 Å². The molecule has 3 aliphatic rings. The molecule has 0 aromatic rings. The van der Waals surface area contributed by atoms with Crippen molar-refractivity contribution in [2.24, 2.45) is 34.3 Å². The molecule has 0 aromatic carbocycles. The zero-order valence-electron chi connectivity index (χ0n) is 25.1. The summed E-state index contributed by atoms with van der Waals surface area (Å²) >= 11 is 0. The SMILES string of the molecule is CC1(C)C[C@@H](C[C@H](NC(=O)[C@@H]2C3[C@H](CN2C(=O)[C@@H](NC(=O)OC(C)(C)C)C(C)(C)C)C3(C)C)C(N)=O)C(=O)N1. The maximum Gasteiger partial charge on any atom is 0.408 e. The van der Waals surface area contributed by atoms with Crippen molar-refractivity contribution in [3.05, 3.63) is 0 Å². The summed E-state index contributed by atoms with van der Waals surface area (Å²) in [6.07, 6.45) is -0.117. The number of primary amides is 1. The third-order valence-electron chi connectivity index (χ3n) is 8.30. The molecule has 2 heterocycles. The van der Waals surface area contributed by atoms with Gasteiger partial charge in [0, 0.05) is 18.0 Å². The summed E-state index contributed by atoms with van der Waals surface area (Å²) in [5.41, 5.74) is 3.67. The first-order valence-electron chi connectivity index (χ1n) is 13.8. The van der Waals surface area contributed by atoms with Crippen LogP contribution in [0.1, 0.15) is 82.1 Å². The number of nitrogens with two attached hydrogens (primary N) is 1. The van der Waals surface area contributed by atoms with E-state index in [-0.39, 0.29) is 35.5 Å². The van der Waals surface area contributed by atoms with Crippen molar-refractivity contribution in [1.82, 2.24) is 20.9 Å². The molecular weight excluding hydrogens is 502 g/mol. The summed E-state index contributed by atoms with van der Waals surface area (Å²) in [6.45, 7) is 19.0. The van der Waals surface area contributed by atoms with E-state index in [1.165, 1.54) is 4.90 Å². The van der Waals surface area contributed by atoms with Gasteiger partial charge in [-0.2, -0.15) is 0 Å². The fourth-order valence-electron chi connectivity index (χ4n) is 6.23. The largest absolute Gasteiger partial charge is 0.444 e. The molecule has 6 atom stereocenters. The van der Waals surface area contributed by atoms with Crippen molar-refractivity contribution >= 4 is 29.7 Å². The van der Waals surface area contributed by atoms with Crippen LogP contribution >= 0.6 is 0 Å². The molecule has 11 nitrogen and oxygen atoms in total. The lowest BCUT2D eigenvalue weighted by Gasteiger charge is -2.38. The molecular formula is C28H47N5O6. The van der Waals surface area contributed by atoms with Crippen LogP contribution in [0.3, 0.4) is 0 Å². The number of nitrogens with zero attached hydrogens (tertiary/aromatic N) is 1. The highest BCUT2D eigenvalue weighted by Crippen LogP contribution is 2.65. The summed E-state index contributed by atoms with van der Waals surface area (Å²) < 4.78 is 5.39. The second-order valence-corrected chi connectivity index (χ2v) is 14.8. The van der Waals surface area contributed by atoms with E-state index < -0.39 is 58.5 Å². The first kappa shape index (κ1) is 30.7. The summed E-state index contributed by atoms with van der Waals surface area (Å²) in [4.78, 5) is 66.6. The molecule has 1 aliphatic carbocycles. The van der Waals surface area contributed by atoms with E-state index in [2.05, 4.69) is 29.8 Å². The Morgan fingerprint density at radius 3 is 2.13 bits per heavy atom. The van der Waals surface area contributed by atoms with Gasteiger partial charge in [-0.05, 0) is 70.1 Å². The monoisotopic (exact) mass is 549 g/mol. The van der Waals surface area contributed by atoms with Crippen molar-refractivity contribution in [2.75, 3.05) is 6.54 Å². The highest BCUT2D eigenvalue weighted by molar-refractivity contribution is 5.95. The molecule has 11 heteroatoms. The second kappa shape index (κ2) is 9.96. The van der Waals surface area contributed by atoms with Crippen molar-refractivity contribution in [3.8, 4) is 0 Å². The molecule has 0 aromatic heterocycles. The first-order chi connectivity index (χ1) is 17.5. The van der Waals surface area contributed by atoms with Gasteiger partial charge in [0.1, 0.15) is 23.7 Å². The van der Waals surface area contributed by atoms with Crippen LogP contribution in [0.25, 0.3) is 0 Å². The highest BCUT2D eigenvalue weighted by Gasteiger charge is 2.70. The Kier molecular flexibility index (Phi) is 7.84. The zero-order valence-corrected chi connectivity index (χ0v) is 25.1. The Balaban J connectivity index is 1.82. The Bertz CT molecular complexity index is 1040. The van der Waals surface area contributed by atoms with Crippen LogP contribution in [0.15, 0.2) is 0 Å². The number of ether oxygens (including phenoxy) is 1. The molecule has 2 saturated heterocycles. The normalized spacial score (nSPS) is 28.6. The molecule has 3 rings (SSSR count). The number of likely N-dealkylation sites (tertiary alicyclic amines) is 1. The molecule has 220 valence electrons. The standard InChI is InChI=1S/C28H47N5O6/c1-25(2,3)19(31-24(38)39-26(4,5)6)23(37)33-13-15-17(28(15,9)10)18(33)22(36)30-16(20(29)34)11-14-12-27(7,8)32-21(14)35/h14-19H,11-13H2,1-10H3,(H2,29,34)(H,30,36)(H,31,38)(H,32,35)/t14-,15+,16+,17?,18+,19-/m1/s1. The Hall–Kier alpha value is -2.85. The average Bonchev–Trinajstić information content (AvgIpc) is 3.02. The molecule has 1 unspecified atom stereocenters. The number of carbonyl (C=O) groups is 5. The third-order valence-corrected chi connectivity index (χ3v) is 8.30. The van der Waals surface area contributed by atoms with E-state index in [1.54, 1.807) is 20.8 Å². The molecule has 5 amide bonds. The zero-order chi connectivity index (χ0) is 29.9. The number of hydrogen-bond acceptors (Lipinski definition) is 6. The second-order valence-electron chi connectivity index (χ2n) is 14.8. The topological polar surface area (TPSA) is 160 Å². The van der Waals surface area contributed by atoms with Crippen LogP contribution in [-0.4, -0.2) is 70.4 Å². The van der Waals surface area contributed by atoms with Gasteiger partial charge >= 0.3 is 6.09 Å². The lowest BCUT2D eigenvalue weighted by molar-refractivity contribution is -0.144. The highest BCUT2D eigenvalue weighted by atomic mass is 16.6. The van der Waals surface area contributed by atoms with Gasteiger partial charge in [-0.1, -0.05) is 34.6 Å². The van der Waals surface area contributed by atoms with Crippen molar-refractivity contribution in [3.63, 3.8) is 0 Å². The lowest BCUT2D eigenvalue weighted by Crippen LogP contribution is -2.60. The van der Waals surface area contributed by atoms with Crippen molar-refractivity contribution in [1.29, 1.82) is 0 Å². The Morgan fingerprint density at radius 2 is 1.67 bits per heavy atom. The summed E-state index contributed by atoms with van der Waals surface area (Å²) in [7, 11) is 0. The van der Waals surface area contributed by atoms with Crippen LogP contribution < -0.4 is 21.7 Å². The molecule has 1 saturated carbocycles. The maximum atomic E-state index is 13.9. The number of alkyl carbamates (subject to hydrolysis) is 1. The third kappa shape index (κ3) is 6.66. The van der Waals surface area contributed by atoms with E-state index in [0.29, 0.717) is 13.0 Å². The Morgan fingerprint density at radius 1 is 1.08 bits per heavy atom. The van der Waals surface area contributed by atoms with Gasteiger partial charge in [-0.25, -0.2) is 4.79 Å². The van der Waals surface area contributed by atoms with Crippen molar-refractivity contribution < 1.29 is 28.7 Å². The number of fused-ring (bicyclic) bond motifs is 1. The van der Waals surface area contributed by atoms with Crippen LogP contribution in [0.2, 0.25) is 0 Å². The van der Waals surface area contributed by atoms with Crippen LogP contribution in [0.5, 0.6) is 0 Å². The number of hydrogen-bond donors (Lipinski definition) is 4. The quantitative estimate of drug-likeness (QED) is 0.378. The van der Waals surface area contributed by atoms with Gasteiger partial charge in [-0.15, -0.1) is 0 Å². The number of nitrogens with one attached hydrogen (secondary N) is 3. The fourth-order valence-corrected chi connectivity index (χ4v) is 6.23. The van der Waals surface area contributed by atoms with Crippen LogP contribution in [-0.2, 0) is 23.9 Å². The molecule has 0 radical (unpaired) electrons. The summed E-state index contributed by atoms with van der Waals surface area (Å²) in [6, 6.07) is -2.84. The summed E-state index contributed by atoms with van der Waals surface area (Å²) in [5.74, 6) is -2.24. The first-order valence-corrected chi connectivity index (χ1v) is 13.8. The predicted molar refractivity (Wildman–Crippen MR) is 145 cm³/mol. The van der Waals surface area contributed by atoms with Gasteiger partial charge in [-0.3, -0.25) is 19.2 Å². The lowest BCUT2D eigenvalue weighted by atomic mass is 9.85. The Labute approximate surface area is 231 Å². The smallest absolute Gasteiger partial charge is 0.408 e. The number of piperidine rings is 1. The molecule has 0 spiro atoms. The minimum absolute atomic E-state index is 0.0826. The van der Waals surface area contributed by atoms with E-state index in [4.69, 9.17) is 10.5 Å². The van der Waals surface area contributed by atoms with Crippen molar-refractivity contribution in [2.45, 2.75) is 111 Å². The number of amides is 5. The number of rotatable bonds is 7. The summed E-state index contributed by atoms with van der Waals surface area (Å²) in [5, 5.41) is 8.38. The van der Waals surface area contributed by atoms with Gasteiger partial charge in [0.25, 0.3) is 0 Å². The minimum Gasteiger partial charge on any atom is -0.444 e. The maximum absolute atomic E-state index is 13.9. The predicted octanol–water partition coefficient (Wildman–Crippen LogP) is 1.68. The average molecular weight is 550 g/mol. The molecule has 3 fully saturated rings. The fraction of sp³-hybridized carbons (Fsp3) is 0.821. The molecule has 0 bridgehead atoms. The number of carbonyl (C=O) groups excluding carboxylic acids is 5. The molecule has 5 N–H and O–H groups in total.